The van der Waals surface area contributed by atoms with Gasteiger partial charge < -0.3 is 115 Å². The molecule has 2 amide bonds. The van der Waals surface area contributed by atoms with Gasteiger partial charge in [0.25, 0.3) is 0 Å². The van der Waals surface area contributed by atoms with Crippen LogP contribution in [0.15, 0.2) is 133 Å². The summed E-state index contributed by atoms with van der Waals surface area (Å²) in [6.07, 6.45) is -2.65. The Morgan fingerprint density at radius 3 is 1.26 bits per heavy atom. The van der Waals surface area contributed by atoms with Gasteiger partial charge in [0.05, 0.1) is 87.3 Å². The van der Waals surface area contributed by atoms with Crippen LogP contribution in [-0.2, 0) is 126 Å². The van der Waals surface area contributed by atoms with E-state index >= 15 is 0 Å². The minimum absolute atomic E-state index is 0.00250. The van der Waals surface area contributed by atoms with Crippen LogP contribution in [0.25, 0.3) is 0 Å². The molecule has 12 saturated heterocycles. The zero-order chi connectivity index (χ0) is 84.4. The predicted molar refractivity (Wildman–Crippen MR) is 425 cm³/mol. The second-order valence-corrected chi connectivity index (χ2v) is 30.8. The van der Waals surface area contributed by atoms with E-state index in [4.69, 9.17) is 94.7 Å². The second kappa shape index (κ2) is 42.6. The first-order valence-electron chi connectivity index (χ1n) is 39.9. The number of hydrogen-bond donors (Lipinski definition) is 3. The quantitative estimate of drug-likeness (QED) is 0.0556. The molecule has 0 aromatic heterocycles. The van der Waals surface area contributed by atoms with Gasteiger partial charge >= 0.3 is 12.2 Å². The first-order valence-corrected chi connectivity index (χ1v) is 39.9. The van der Waals surface area contributed by atoms with Crippen LogP contribution in [0.4, 0.5) is 9.59 Å². The van der Waals surface area contributed by atoms with Gasteiger partial charge in [-0.15, -0.1) is 0 Å². The summed E-state index contributed by atoms with van der Waals surface area (Å²) in [5.74, 6) is -3.73. The molecule has 117 heavy (non-hydrogen) atoms. The third-order valence-electron chi connectivity index (χ3n) is 24.4. The van der Waals surface area contributed by atoms with Crippen LogP contribution in [0, 0.1) is 11.8 Å². The Hall–Kier alpha value is -6.17. The van der Waals surface area contributed by atoms with Crippen LogP contribution in [0.5, 0.6) is 0 Å². The summed E-state index contributed by atoms with van der Waals surface area (Å²) >= 11 is 0. The number of ether oxygens (including phenoxy) is 20. The highest BCUT2D eigenvalue weighted by Crippen LogP contribution is 2.45. The Morgan fingerprint density at radius 2 is 0.795 bits per heavy atom. The Kier molecular flexibility index (Phi) is 33.9. The first-order chi connectivity index (χ1) is 56.5. The summed E-state index contributed by atoms with van der Waals surface area (Å²) in [5, 5.41) is 29.3. The van der Waals surface area contributed by atoms with Crippen LogP contribution >= 0.6 is 0 Å². The van der Waals surface area contributed by atoms with Crippen LogP contribution in [-0.4, -0.2) is 374 Å². The molecule has 12 aliphatic heterocycles. The number of aliphatic hydroxyl groups is 3. The third-order valence-corrected chi connectivity index (χ3v) is 24.4. The number of rotatable bonds is 22. The lowest BCUT2D eigenvalue weighted by Crippen LogP contribution is -2.55. The number of likely N-dealkylation sites (tertiary alicyclic amines) is 6. The number of hydrogen-bond acceptors (Lipinski definition) is 30. The molecule has 0 aliphatic carbocycles. The SMILES string of the molecule is C=C1CN(C)[C@H]2[C@@H]1OCC2(OC)OC.CC.COC1(OC)CO[C@@H]2[C@H](C=O)CN(C)[C@@H]21.COC1(OC)CO[C@@H]2[C@H](CO)CN(C)[C@@H]21.COC1(OC)CO[C@@H]2[C@H](O)CN(C)[C@@H]21.COC1(OC)CO[C@H]2[C@@H]1N(C(=O)OCc1ccccc1)C[C@H]2OCc1ccccc1.O=C(OCc1ccccc1)N1C[C@@H](OCc2ccccc2)[C@H]2OC[C@H](O)[C@H]21. The van der Waals surface area contributed by atoms with Gasteiger partial charge in [0, 0.05) is 110 Å². The maximum Gasteiger partial charge on any atom is 0.410 e. The number of benzene rings is 4. The summed E-state index contributed by atoms with van der Waals surface area (Å²) in [5.41, 5.74) is 5.06. The number of carbonyl (C=O) groups is 3. The summed E-state index contributed by atoms with van der Waals surface area (Å²) < 4.78 is 112. The van der Waals surface area contributed by atoms with Gasteiger partial charge in [-0.3, -0.25) is 29.4 Å². The molecule has 4 aromatic rings. The molecule has 0 bridgehead atoms. The number of aldehydes is 1. The van der Waals surface area contributed by atoms with Gasteiger partial charge in [0.2, 0.25) is 28.9 Å². The standard InChI is InChI=1S/C23H27NO6.C21H23NO5.C10H19NO4.C10H17NO4.C10H17NO3.C9H17NO4.C2H6/c1-26-23(27-2)16-30-20-19(28-14-17-9-5-3-6-10-17)13-24(21(20)23)22(25)29-15-18-11-7-4-8-12-18;23-17-14-26-20-18(25-12-15-7-3-1-4-8-15)11-22(19(17)20)21(24)27-13-16-9-5-2-6-10-16;2*1-11-4-7(5-12)8-9(11)10(13-2,14-3)6-15-8;1-7-5-11(2)9-8(7)14-6-10(9,12-3)13-4;1-10-4-6(11)7-8(10)9(12-2,13-3)5-14-7;1-2/h3-12,19-21H,13-16H2,1-2H3;1-10,17-20,23H,11-14H2;7-9,12H,4-6H2,1-3H3;5,7-9H,4,6H2,1-3H3;8-9H,1,5-6H2,2-4H3;6-8,11H,4-5H2,1-3H3;1-2H3/t19-,20-,21+;17-,18+,19+,20+;2*7-,8+,9-;8-,9+;6-,7-,8+;/m100011./s1. The molecular weight excluding hydrogens is 1520 g/mol. The van der Waals surface area contributed by atoms with Crippen molar-refractivity contribution in [3.8, 4) is 0 Å². The van der Waals surface area contributed by atoms with Gasteiger partial charge in [-0.25, -0.2) is 9.59 Å². The van der Waals surface area contributed by atoms with E-state index < -0.39 is 65.4 Å². The van der Waals surface area contributed by atoms with Crippen molar-refractivity contribution in [1.29, 1.82) is 0 Å². The van der Waals surface area contributed by atoms with Crippen molar-refractivity contribution in [1.82, 2.24) is 29.4 Å². The molecular formula is C85H126N6O26. The number of nitrogens with zero attached hydrogens (tertiary/aromatic N) is 6. The van der Waals surface area contributed by atoms with Crippen molar-refractivity contribution in [3.63, 3.8) is 0 Å². The predicted octanol–water partition coefficient (Wildman–Crippen LogP) is 4.45. The van der Waals surface area contributed by atoms with Gasteiger partial charge in [-0.1, -0.05) is 142 Å². The van der Waals surface area contributed by atoms with E-state index in [1.165, 1.54) is 0 Å². The van der Waals surface area contributed by atoms with E-state index in [1.54, 1.807) is 80.9 Å². The van der Waals surface area contributed by atoms with E-state index in [1.807, 2.05) is 168 Å². The first kappa shape index (κ1) is 93.1. The molecule has 32 nitrogen and oxygen atoms in total. The fourth-order valence-corrected chi connectivity index (χ4v) is 18.3. The summed E-state index contributed by atoms with van der Waals surface area (Å²) in [7, 11) is 24.1. The Bertz CT molecular complexity index is 3660. The lowest BCUT2D eigenvalue weighted by Gasteiger charge is -2.35. The summed E-state index contributed by atoms with van der Waals surface area (Å²) in [6, 6.07) is 38.1. The van der Waals surface area contributed by atoms with Crippen molar-refractivity contribution < 1.29 is 124 Å². The monoisotopic (exact) mass is 1650 g/mol. The highest BCUT2D eigenvalue weighted by atomic mass is 16.8. The number of fused-ring (bicyclic) bond motifs is 6. The zero-order valence-electron chi connectivity index (χ0n) is 70.7. The average molecular weight is 1650 g/mol. The zero-order valence-corrected chi connectivity index (χ0v) is 70.7. The molecule has 16 rings (SSSR count). The molecule has 0 unspecified atom stereocenters. The maximum atomic E-state index is 13.0. The Balaban J connectivity index is 0.000000152. The van der Waals surface area contributed by atoms with E-state index in [0.29, 0.717) is 65.8 Å². The van der Waals surface area contributed by atoms with Gasteiger partial charge in [-0.2, -0.15) is 0 Å². The van der Waals surface area contributed by atoms with Crippen molar-refractivity contribution in [2.24, 2.45) is 11.8 Å². The van der Waals surface area contributed by atoms with E-state index in [2.05, 4.69) is 21.3 Å². The number of carbonyl (C=O) groups excluding carboxylic acids is 3. The third kappa shape index (κ3) is 20.0. The van der Waals surface area contributed by atoms with E-state index in [-0.39, 0.29) is 118 Å². The summed E-state index contributed by atoms with van der Waals surface area (Å²) in [4.78, 5) is 48.1. The topological polar surface area (TPSA) is 316 Å². The molecule has 3 N–H and O–H groups in total. The van der Waals surface area contributed by atoms with Gasteiger partial charge in [-0.05, 0) is 56.0 Å². The Morgan fingerprint density at radius 1 is 0.427 bits per heavy atom. The highest BCUT2D eigenvalue weighted by Gasteiger charge is 2.65. The van der Waals surface area contributed by atoms with Crippen molar-refractivity contribution in [3.05, 3.63) is 156 Å². The normalized spacial score (nSPS) is 32.0. The minimum atomic E-state index is -1.05. The molecule has 652 valence electrons. The highest BCUT2D eigenvalue weighted by molar-refractivity contribution is 5.70. The minimum Gasteiger partial charge on any atom is -0.445 e. The molecule has 0 radical (unpaired) electrons. The Labute approximate surface area is 688 Å². The molecule has 4 aromatic carbocycles. The second-order valence-electron chi connectivity index (χ2n) is 30.8. The van der Waals surface area contributed by atoms with Crippen LogP contribution < -0.4 is 0 Å². The molecule has 12 aliphatic rings. The average Bonchev–Trinajstić information content (AvgIpc) is 1.65. The van der Waals surface area contributed by atoms with Crippen molar-refractivity contribution >= 4 is 18.5 Å². The maximum absolute atomic E-state index is 13.0. The molecule has 0 spiro atoms. The molecule has 32 heteroatoms. The smallest absolute Gasteiger partial charge is 0.410 e. The van der Waals surface area contributed by atoms with E-state index in [0.717, 1.165) is 47.2 Å². The van der Waals surface area contributed by atoms with Crippen LogP contribution in [0.2, 0.25) is 0 Å². The number of methoxy groups -OCH3 is 10. The largest absolute Gasteiger partial charge is 0.445 e. The van der Waals surface area contributed by atoms with Gasteiger partial charge in [0.15, 0.2) is 0 Å². The van der Waals surface area contributed by atoms with E-state index in [9.17, 15) is 29.7 Å². The number of likely N-dealkylation sites (N-methyl/N-ethyl adjacent to an activating group) is 4. The molecule has 0 saturated carbocycles. The number of amides is 2. The van der Waals surface area contributed by atoms with Gasteiger partial charge in [0.1, 0.15) is 101 Å². The fraction of sp³-hybridized carbons (Fsp3) is 0.659. The lowest BCUT2D eigenvalue weighted by atomic mass is 10.00. The van der Waals surface area contributed by atoms with Crippen molar-refractivity contribution in [2.45, 2.75) is 167 Å². The molecule has 12 heterocycles. The lowest BCUT2D eigenvalue weighted by molar-refractivity contribution is -0.225. The molecule has 18 atom stereocenters. The fourth-order valence-electron chi connectivity index (χ4n) is 18.3. The van der Waals surface area contributed by atoms with Crippen LogP contribution in [0.3, 0.4) is 0 Å². The van der Waals surface area contributed by atoms with Crippen molar-refractivity contribution in [2.75, 3.05) is 185 Å². The number of aliphatic hydroxyl groups excluding tert-OH is 3. The van der Waals surface area contributed by atoms with Crippen LogP contribution in [0.1, 0.15) is 36.1 Å². The molecule has 12 fully saturated rings. The summed E-state index contributed by atoms with van der Waals surface area (Å²) in [6.45, 7) is 15.1. The number of β-amino-alcohol motifs (C(OH)–C–C–N with tert-alkyl or cyclic N) is 1.